The summed E-state index contributed by atoms with van der Waals surface area (Å²) in [5.41, 5.74) is 3.11. The van der Waals surface area contributed by atoms with Crippen LogP contribution in [0.25, 0.3) is 0 Å². The molecular weight excluding hydrogens is 280 g/mol. The van der Waals surface area contributed by atoms with Crippen LogP contribution in [-0.2, 0) is 4.74 Å². The zero-order chi connectivity index (χ0) is 15.9. The summed E-state index contributed by atoms with van der Waals surface area (Å²) in [6.07, 6.45) is 0. The summed E-state index contributed by atoms with van der Waals surface area (Å²) in [5, 5.41) is 5.85. The third kappa shape index (κ3) is 4.53. The van der Waals surface area contributed by atoms with Crippen molar-refractivity contribution >= 4 is 17.5 Å². The summed E-state index contributed by atoms with van der Waals surface area (Å²) in [4.78, 5) is 20.6. The Morgan fingerprint density at radius 1 is 1.18 bits per heavy atom. The molecule has 6 heteroatoms. The largest absolute Gasteiger partial charge is 0.383 e. The maximum absolute atomic E-state index is 12.0. The van der Waals surface area contributed by atoms with Gasteiger partial charge in [0.2, 0.25) is 5.95 Å². The van der Waals surface area contributed by atoms with E-state index in [0.29, 0.717) is 24.8 Å². The molecule has 2 rings (SSSR count). The van der Waals surface area contributed by atoms with E-state index in [1.54, 1.807) is 13.2 Å². The van der Waals surface area contributed by atoms with Crippen molar-refractivity contribution in [1.82, 2.24) is 15.3 Å². The molecule has 1 amide bonds. The van der Waals surface area contributed by atoms with Gasteiger partial charge in [0.15, 0.2) is 0 Å². The summed E-state index contributed by atoms with van der Waals surface area (Å²) in [6, 6.07) is 9.54. The van der Waals surface area contributed by atoms with Gasteiger partial charge in [0.05, 0.1) is 6.61 Å². The quantitative estimate of drug-likeness (QED) is 0.800. The first-order chi connectivity index (χ1) is 10.6. The zero-order valence-corrected chi connectivity index (χ0v) is 13.0. The van der Waals surface area contributed by atoms with Crippen molar-refractivity contribution in [3.05, 3.63) is 47.3 Å². The number of nitrogens with one attached hydrogen (secondary N) is 2. The molecule has 0 aliphatic carbocycles. The molecular formula is C16H20N4O2. The van der Waals surface area contributed by atoms with E-state index in [9.17, 15) is 4.79 Å². The van der Waals surface area contributed by atoms with Gasteiger partial charge in [-0.25, -0.2) is 9.97 Å². The van der Waals surface area contributed by atoms with Crippen molar-refractivity contribution in [1.29, 1.82) is 0 Å². The van der Waals surface area contributed by atoms with Crippen molar-refractivity contribution in [2.45, 2.75) is 13.8 Å². The molecule has 0 aliphatic rings. The number of rotatable bonds is 6. The van der Waals surface area contributed by atoms with Crippen LogP contribution in [0.15, 0.2) is 30.3 Å². The molecule has 116 valence electrons. The van der Waals surface area contributed by atoms with Gasteiger partial charge >= 0.3 is 0 Å². The lowest BCUT2D eigenvalue weighted by atomic mass is 10.2. The SMILES string of the molecule is COCCNC(=O)c1cc(C)nc(Nc2ccc(C)cc2)n1. The van der Waals surface area contributed by atoms with Crippen LogP contribution in [0.3, 0.4) is 0 Å². The number of hydrogen-bond acceptors (Lipinski definition) is 5. The van der Waals surface area contributed by atoms with Crippen LogP contribution in [0.2, 0.25) is 0 Å². The average Bonchev–Trinajstić information content (AvgIpc) is 2.49. The highest BCUT2D eigenvalue weighted by Crippen LogP contribution is 2.14. The number of hydrogen-bond donors (Lipinski definition) is 2. The van der Waals surface area contributed by atoms with Gasteiger partial charge in [-0.1, -0.05) is 17.7 Å². The average molecular weight is 300 g/mol. The summed E-state index contributed by atoms with van der Waals surface area (Å²) >= 11 is 0. The van der Waals surface area contributed by atoms with Gasteiger partial charge in [0, 0.05) is 25.0 Å². The monoisotopic (exact) mass is 300 g/mol. The predicted octanol–water partition coefficient (Wildman–Crippen LogP) is 2.21. The third-order valence-electron chi connectivity index (χ3n) is 2.99. The molecule has 0 radical (unpaired) electrons. The fraction of sp³-hybridized carbons (Fsp3) is 0.312. The second kappa shape index (κ2) is 7.51. The Balaban J connectivity index is 2.12. The molecule has 6 nitrogen and oxygen atoms in total. The van der Waals surface area contributed by atoms with Gasteiger partial charge in [-0.3, -0.25) is 4.79 Å². The number of ether oxygens (including phenoxy) is 1. The van der Waals surface area contributed by atoms with Crippen LogP contribution in [-0.4, -0.2) is 36.1 Å². The van der Waals surface area contributed by atoms with Gasteiger partial charge in [0.25, 0.3) is 5.91 Å². The lowest BCUT2D eigenvalue weighted by molar-refractivity contribution is 0.0932. The zero-order valence-electron chi connectivity index (χ0n) is 13.0. The number of nitrogens with zero attached hydrogens (tertiary/aromatic N) is 2. The van der Waals surface area contributed by atoms with Gasteiger partial charge < -0.3 is 15.4 Å². The van der Waals surface area contributed by atoms with Crippen molar-refractivity contribution in [2.75, 3.05) is 25.6 Å². The first-order valence-corrected chi connectivity index (χ1v) is 7.05. The van der Waals surface area contributed by atoms with Gasteiger partial charge in [0.1, 0.15) is 5.69 Å². The highest BCUT2D eigenvalue weighted by Gasteiger charge is 2.10. The molecule has 0 unspecified atom stereocenters. The van der Waals surface area contributed by atoms with Crippen LogP contribution in [0, 0.1) is 13.8 Å². The van der Waals surface area contributed by atoms with Gasteiger partial charge in [-0.05, 0) is 32.0 Å². The number of aromatic nitrogens is 2. The normalized spacial score (nSPS) is 10.3. The summed E-state index contributed by atoms with van der Waals surface area (Å²) in [5.74, 6) is 0.162. The summed E-state index contributed by atoms with van der Waals surface area (Å²) in [7, 11) is 1.59. The lowest BCUT2D eigenvalue weighted by Gasteiger charge is -2.09. The number of aryl methyl sites for hydroxylation is 2. The van der Waals surface area contributed by atoms with Gasteiger partial charge in [-0.2, -0.15) is 0 Å². The molecule has 2 aromatic rings. The van der Waals surface area contributed by atoms with Gasteiger partial charge in [-0.15, -0.1) is 0 Å². The standard InChI is InChI=1S/C16H20N4O2/c1-11-4-6-13(7-5-11)19-16-18-12(2)10-14(20-16)15(21)17-8-9-22-3/h4-7,10H,8-9H2,1-3H3,(H,17,21)(H,18,19,20). The Labute approximate surface area is 129 Å². The van der Waals surface area contributed by atoms with E-state index >= 15 is 0 Å². The van der Waals surface area contributed by atoms with E-state index < -0.39 is 0 Å². The van der Waals surface area contributed by atoms with E-state index in [-0.39, 0.29) is 5.91 Å². The van der Waals surface area contributed by atoms with Crippen molar-refractivity contribution in [3.8, 4) is 0 Å². The van der Waals surface area contributed by atoms with Crippen LogP contribution >= 0.6 is 0 Å². The molecule has 0 atom stereocenters. The number of carbonyl (C=O) groups excluding carboxylic acids is 1. The maximum atomic E-state index is 12.0. The van der Waals surface area contributed by atoms with E-state index in [4.69, 9.17) is 4.74 Å². The van der Waals surface area contributed by atoms with Crippen molar-refractivity contribution < 1.29 is 9.53 Å². The highest BCUT2D eigenvalue weighted by molar-refractivity contribution is 5.92. The molecule has 0 saturated carbocycles. The maximum Gasteiger partial charge on any atom is 0.270 e. The van der Waals surface area contributed by atoms with E-state index in [1.807, 2.05) is 38.1 Å². The molecule has 1 aromatic heterocycles. The minimum absolute atomic E-state index is 0.241. The summed E-state index contributed by atoms with van der Waals surface area (Å²) in [6.45, 7) is 4.76. The first kappa shape index (κ1) is 15.9. The molecule has 0 spiro atoms. The molecule has 22 heavy (non-hydrogen) atoms. The van der Waals surface area contributed by atoms with Crippen LogP contribution in [0.4, 0.5) is 11.6 Å². The van der Waals surface area contributed by atoms with E-state index in [2.05, 4.69) is 20.6 Å². The first-order valence-electron chi connectivity index (χ1n) is 7.05. The Bertz CT molecular complexity index is 641. The molecule has 1 aromatic carbocycles. The minimum atomic E-state index is -0.241. The Hall–Kier alpha value is -2.47. The Morgan fingerprint density at radius 3 is 2.59 bits per heavy atom. The molecule has 0 fully saturated rings. The topological polar surface area (TPSA) is 76.1 Å². The molecule has 0 aliphatic heterocycles. The molecule has 0 saturated heterocycles. The number of anilines is 2. The Kier molecular flexibility index (Phi) is 5.43. The van der Waals surface area contributed by atoms with E-state index in [0.717, 1.165) is 11.4 Å². The highest BCUT2D eigenvalue weighted by atomic mass is 16.5. The van der Waals surface area contributed by atoms with E-state index in [1.165, 1.54) is 5.56 Å². The third-order valence-corrected chi connectivity index (χ3v) is 2.99. The predicted molar refractivity (Wildman–Crippen MR) is 85.4 cm³/mol. The molecule has 1 heterocycles. The number of methoxy groups -OCH3 is 1. The number of carbonyl (C=O) groups is 1. The number of amides is 1. The summed E-state index contributed by atoms with van der Waals surface area (Å²) < 4.78 is 4.90. The van der Waals surface area contributed by atoms with Crippen LogP contribution in [0.1, 0.15) is 21.7 Å². The fourth-order valence-corrected chi connectivity index (χ4v) is 1.86. The van der Waals surface area contributed by atoms with Crippen molar-refractivity contribution in [2.24, 2.45) is 0 Å². The van der Waals surface area contributed by atoms with Crippen LogP contribution < -0.4 is 10.6 Å². The molecule has 2 N–H and O–H groups in total. The lowest BCUT2D eigenvalue weighted by Crippen LogP contribution is -2.28. The van der Waals surface area contributed by atoms with Crippen molar-refractivity contribution in [3.63, 3.8) is 0 Å². The number of benzene rings is 1. The minimum Gasteiger partial charge on any atom is -0.383 e. The smallest absolute Gasteiger partial charge is 0.270 e. The Morgan fingerprint density at radius 2 is 1.91 bits per heavy atom. The fourth-order valence-electron chi connectivity index (χ4n) is 1.86. The second-order valence-corrected chi connectivity index (χ2v) is 4.96. The van der Waals surface area contributed by atoms with Crippen LogP contribution in [0.5, 0.6) is 0 Å². The molecule has 0 bridgehead atoms. The second-order valence-electron chi connectivity index (χ2n) is 4.96.